The first-order valence-corrected chi connectivity index (χ1v) is 10.9. The van der Waals surface area contributed by atoms with Crippen LogP contribution < -0.4 is 4.74 Å². The van der Waals surface area contributed by atoms with Crippen LogP contribution in [0.15, 0.2) is 84.9 Å². The summed E-state index contributed by atoms with van der Waals surface area (Å²) in [5, 5.41) is 24.0. The summed E-state index contributed by atoms with van der Waals surface area (Å²) in [6.07, 6.45) is -9.72. The molecular formula is C26H14F6N2O5. The summed E-state index contributed by atoms with van der Waals surface area (Å²) in [4.78, 5) is 22.0. The van der Waals surface area contributed by atoms with Gasteiger partial charge in [-0.05, 0) is 36.4 Å². The zero-order valence-electron chi connectivity index (χ0n) is 19.3. The molecule has 4 rings (SSSR count). The third kappa shape index (κ3) is 5.37. The Bertz CT molecular complexity index is 1470. The quantitative estimate of drug-likeness (QED) is 0.136. The zero-order chi connectivity index (χ0) is 28.5. The maximum absolute atomic E-state index is 13.6. The number of benzene rings is 4. The molecule has 0 aliphatic heterocycles. The van der Waals surface area contributed by atoms with Crippen molar-refractivity contribution >= 4 is 11.4 Å². The summed E-state index contributed by atoms with van der Waals surface area (Å²) in [7, 11) is 0. The second-order valence-corrected chi connectivity index (χ2v) is 8.01. The Labute approximate surface area is 215 Å². The molecule has 4 aromatic rings. The topological polar surface area (TPSA) is 95.5 Å². The number of nitro benzene ring substituents is 2. The van der Waals surface area contributed by atoms with Gasteiger partial charge in [-0.3, -0.25) is 20.2 Å². The van der Waals surface area contributed by atoms with Crippen molar-refractivity contribution in [1.29, 1.82) is 0 Å². The summed E-state index contributed by atoms with van der Waals surface area (Å²) < 4.78 is 87.2. The fourth-order valence-electron chi connectivity index (χ4n) is 4.07. The molecule has 13 heteroatoms. The van der Waals surface area contributed by atoms with Crippen LogP contribution in [0.3, 0.4) is 0 Å². The van der Waals surface area contributed by atoms with Gasteiger partial charge in [0.2, 0.25) is 11.5 Å². The summed E-state index contributed by atoms with van der Waals surface area (Å²) in [5.41, 5.74) is -6.22. The van der Waals surface area contributed by atoms with Crippen LogP contribution in [0.5, 0.6) is 11.5 Å². The highest BCUT2D eigenvalue weighted by Crippen LogP contribution is 2.48. The standard InChI is InChI=1S/C26H14F6N2O5/c27-25(28,29)19-11-3-1-7-15(19)17-9-5-13-21(23(17)33(35)36)39-22-14-6-10-18(24(22)34(37)38)16-8-2-4-12-20(16)26(30,31)32/h1-14H. The smallest absolute Gasteiger partial charge is 0.417 e. The Morgan fingerprint density at radius 2 is 0.846 bits per heavy atom. The van der Waals surface area contributed by atoms with Crippen LogP contribution in [0.2, 0.25) is 0 Å². The van der Waals surface area contributed by atoms with Gasteiger partial charge >= 0.3 is 23.7 Å². The van der Waals surface area contributed by atoms with Crippen LogP contribution >= 0.6 is 0 Å². The van der Waals surface area contributed by atoms with Gasteiger partial charge in [0, 0.05) is 11.1 Å². The molecule has 7 nitrogen and oxygen atoms in total. The molecule has 0 spiro atoms. The summed E-state index contributed by atoms with van der Waals surface area (Å²) >= 11 is 0. The average molecular weight is 548 g/mol. The van der Waals surface area contributed by atoms with E-state index in [-0.39, 0.29) is 0 Å². The van der Waals surface area contributed by atoms with Crippen molar-refractivity contribution in [2.75, 3.05) is 0 Å². The molecule has 39 heavy (non-hydrogen) atoms. The van der Waals surface area contributed by atoms with Crippen LogP contribution in [0, 0.1) is 20.2 Å². The first kappa shape index (κ1) is 27.1. The maximum atomic E-state index is 13.6. The highest BCUT2D eigenvalue weighted by molar-refractivity contribution is 5.82. The molecule has 0 aromatic heterocycles. The van der Waals surface area contributed by atoms with E-state index in [1.54, 1.807) is 0 Å². The van der Waals surface area contributed by atoms with Crippen molar-refractivity contribution in [3.8, 4) is 33.8 Å². The molecular weight excluding hydrogens is 534 g/mol. The highest BCUT2D eigenvalue weighted by Gasteiger charge is 2.37. The molecule has 0 fully saturated rings. The molecule has 0 atom stereocenters. The Balaban J connectivity index is 1.92. The van der Waals surface area contributed by atoms with Crippen LogP contribution in [-0.4, -0.2) is 9.85 Å². The van der Waals surface area contributed by atoms with E-state index in [0.29, 0.717) is 0 Å². The maximum Gasteiger partial charge on any atom is 0.417 e. The monoisotopic (exact) mass is 548 g/mol. The number of alkyl halides is 6. The second-order valence-electron chi connectivity index (χ2n) is 8.01. The Kier molecular flexibility index (Phi) is 7.01. The van der Waals surface area contributed by atoms with Gasteiger partial charge in [0.1, 0.15) is 0 Å². The fourth-order valence-corrected chi connectivity index (χ4v) is 4.07. The second kappa shape index (κ2) is 10.1. The van der Waals surface area contributed by atoms with Crippen molar-refractivity contribution in [3.05, 3.63) is 116 Å². The number of ether oxygens (including phenoxy) is 1. The number of para-hydroxylation sites is 2. The molecule has 0 amide bonds. The summed E-state index contributed by atoms with van der Waals surface area (Å²) in [6.45, 7) is 0. The van der Waals surface area contributed by atoms with Crippen LogP contribution in [0.4, 0.5) is 37.7 Å². The van der Waals surface area contributed by atoms with Crippen LogP contribution in [0.25, 0.3) is 22.3 Å². The Morgan fingerprint density at radius 1 is 0.513 bits per heavy atom. The number of rotatable bonds is 6. The summed E-state index contributed by atoms with van der Waals surface area (Å²) in [5.74, 6) is -1.31. The molecule has 0 radical (unpaired) electrons. The predicted molar refractivity (Wildman–Crippen MR) is 127 cm³/mol. The largest absolute Gasteiger partial charge is 0.443 e. The molecule has 0 saturated heterocycles. The van der Waals surface area contributed by atoms with Crippen LogP contribution in [-0.2, 0) is 12.4 Å². The summed E-state index contributed by atoms with van der Waals surface area (Å²) in [6, 6.07) is 14.6. The number of nitro groups is 2. The highest BCUT2D eigenvalue weighted by atomic mass is 19.4. The van der Waals surface area contributed by atoms with Gasteiger partial charge in [-0.2, -0.15) is 26.3 Å². The minimum Gasteiger partial charge on any atom is -0.443 e. The van der Waals surface area contributed by atoms with Crippen molar-refractivity contribution in [3.63, 3.8) is 0 Å². The lowest BCUT2D eigenvalue weighted by molar-refractivity contribution is -0.386. The van der Waals surface area contributed by atoms with Crippen molar-refractivity contribution in [2.45, 2.75) is 12.4 Å². The van der Waals surface area contributed by atoms with Gasteiger partial charge < -0.3 is 4.74 Å². The van der Waals surface area contributed by atoms with E-state index in [1.165, 1.54) is 12.1 Å². The lowest BCUT2D eigenvalue weighted by atomic mass is 9.97. The van der Waals surface area contributed by atoms with Crippen molar-refractivity contribution < 1.29 is 40.9 Å². The minimum atomic E-state index is -4.86. The number of nitrogens with zero attached hydrogens (tertiary/aromatic N) is 2. The predicted octanol–water partition coefficient (Wildman–Crippen LogP) is 8.67. The van der Waals surface area contributed by atoms with Gasteiger partial charge in [0.15, 0.2) is 0 Å². The van der Waals surface area contributed by atoms with Crippen LogP contribution in [0.1, 0.15) is 11.1 Å². The van der Waals surface area contributed by atoms with E-state index in [4.69, 9.17) is 4.74 Å². The van der Waals surface area contributed by atoms with Gasteiger partial charge in [-0.15, -0.1) is 0 Å². The zero-order valence-corrected chi connectivity index (χ0v) is 19.3. The minimum absolute atomic E-state index is 0.480. The third-order valence-electron chi connectivity index (χ3n) is 5.63. The van der Waals surface area contributed by atoms with E-state index in [9.17, 15) is 46.6 Å². The molecule has 4 aromatic carbocycles. The van der Waals surface area contributed by atoms with E-state index in [1.807, 2.05) is 0 Å². The average Bonchev–Trinajstić information content (AvgIpc) is 2.87. The Morgan fingerprint density at radius 3 is 1.18 bits per heavy atom. The molecule has 0 unspecified atom stereocenters. The lowest BCUT2D eigenvalue weighted by Gasteiger charge is -2.16. The first-order chi connectivity index (χ1) is 18.3. The van der Waals surface area contributed by atoms with Gasteiger partial charge in [-0.25, -0.2) is 0 Å². The molecule has 200 valence electrons. The number of halogens is 6. The van der Waals surface area contributed by atoms with E-state index in [0.717, 1.165) is 72.8 Å². The van der Waals surface area contributed by atoms with Gasteiger partial charge in [-0.1, -0.05) is 48.5 Å². The van der Waals surface area contributed by atoms with E-state index < -0.39 is 78.5 Å². The molecule has 0 bridgehead atoms. The van der Waals surface area contributed by atoms with E-state index >= 15 is 0 Å². The number of hydrogen-bond donors (Lipinski definition) is 0. The van der Waals surface area contributed by atoms with Gasteiger partial charge in [0.25, 0.3) is 0 Å². The SMILES string of the molecule is O=[N+]([O-])c1c(Oc2cccc(-c3ccccc3C(F)(F)F)c2[N+](=O)[O-])cccc1-c1ccccc1C(F)(F)F. The fraction of sp³-hybridized carbons (Fsp3) is 0.0769. The van der Waals surface area contributed by atoms with Gasteiger partial charge in [0.05, 0.1) is 32.1 Å². The molecule has 0 N–H and O–H groups in total. The van der Waals surface area contributed by atoms with Crippen molar-refractivity contribution in [2.24, 2.45) is 0 Å². The molecule has 0 saturated carbocycles. The third-order valence-corrected chi connectivity index (χ3v) is 5.63. The van der Waals surface area contributed by atoms with Crippen molar-refractivity contribution in [1.82, 2.24) is 0 Å². The lowest BCUT2D eigenvalue weighted by Crippen LogP contribution is -2.08. The normalized spacial score (nSPS) is 11.7. The molecule has 0 heterocycles. The Hall–Kier alpha value is -4.94. The first-order valence-electron chi connectivity index (χ1n) is 10.9. The molecule has 0 aliphatic carbocycles. The number of hydrogen-bond acceptors (Lipinski definition) is 5. The molecule has 0 aliphatic rings. The van der Waals surface area contributed by atoms with E-state index in [2.05, 4.69) is 0 Å².